The average Bonchev–Trinajstić information content (AvgIpc) is 3.23. The van der Waals surface area contributed by atoms with Crippen molar-refractivity contribution >= 4 is 23.1 Å². The van der Waals surface area contributed by atoms with Gasteiger partial charge in [0.05, 0.1) is 14.2 Å². The summed E-state index contributed by atoms with van der Waals surface area (Å²) in [5.74, 6) is 0.465. The molecule has 144 valence electrons. The number of Topliss-reactive ketones (excluding diaryl/α,β-unsaturated/α-hetero) is 1. The van der Waals surface area contributed by atoms with Gasteiger partial charge >= 0.3 is 5.97 Å². The number of hydrogen-bond acceptors (Lipinski definition) is 7. The Morgan fingerprint density at radius 1 is 0.929 bits per heavy atom. The minimum Gasteiger partial charge on any atom is -0.497 e. The van der Waals surface area contributed by atoms with Crippen LogP contribution in [0.3, 0.4) is 0 Å². The number of rotatable bonds is 7. The maximum Gasteiger partial charge on any atom is 0.358 e. The molecule has 3 aromatic rings. The first-order valence-electron chi connectivity index (χ1n) is 8.51. The Balaban J connectivity index is 1.66. The van der Waals surface area contributed by atoms with E-state index in [2.05, 4.69) is 4.98 Å². The van der Waals surface area contributed by atoms with Crippen LogP contribution in [0.2, 0.25) is 0 Å². The summed E-state index contributed by atoms with van der Waals surface area (Å²) in [5, 5.41) is 2.30. The third-order valence-electron chi connectivity index (χ3n) is 4.08. The zero-order chi connectivity index (χ0) is 20.1. The Labute approximate surface area is 166 Å². The van der Waals surface area contributed by atoms with Gasteiger partial charge in [-0.25, -0.2) is 9.78 Å². The number of esters is 1. The number of nitrogens with zero attached hydrogens (tertiary/aromatic N) is 1. The van der Waals surface area contributed by atoms with Gasteiger partial charge in [0.25, 0.3) is 0 Å². The smallest absolute Gasteiger partial charge is 0.358 e. The number of carbonyl (C=O) groups excluding carboxylic acids is 2. The number of aromatic nitrogens is 1. The summed E-state index contributed by atoms with van der Waals surface area (Å²) in [7, 11) is 3.15. The molecule has 0 amide bonds. The van der Waals surface area contributed by atoms with E-state index in [1.807, 2.05) is 24.3 Å². The molecule has 0 saturated carbocycles. The Morgan fingerprint density at radius 2 is 1.50 bits per heavy atom. The molecule has 1 heterocycles. The van der Waals surface area contributed by atoms with Gasteiger partial charge < -0.3 is 14.2 Å². The Bertz CT molecular complexity index is 963. The minimum atomic E-state index is -0.924. The molecular weight excluding hydrogens is 378 g/mol. The van der Waals surface area contributed by atoms with Crippen LogP contribution >= 0.6 is 11.3 Å². The molecule has 2 aromatic carbocycles. The largest absolute Gasteiger partial charge is 0.497 e. The van der Waals surface area contributed by atoms with E-state index in [9.17, 15) is 9.59 Å². The second-order valence-electron chi connectivity index (χ2n) is 5.91. The second-order valence-corrected chi connectivity index (χ2v) is 6.76. The van der Waals surface area contributed by atoms with Crippen molar-refractivity contribution in [3.63, 3.8) is 0 Å². The summed E-state index contributed by atoms with van der Waals surface area (Å²) in [6.07, 6.45) is -0.924. The molecule has 7 heteroatoms. The lowest BCUT2D eigenvalue weighted by molar-refractivity contribution is 0.0314. The zero-order valence-electron chi connectivity index (χ0n) is 15.7. The van der Waals surface area contributed by atoms with Crippen molar-refractivity contribution in [2.45, 2.75) is 13.0 Å². The van der Waals surface area contributed by atoms with Gasteiger partial charge in [-0.05, 0) is 55.5 Å². The molecule has 0 saturated heterocycles. The lowest BCUT2D eigenvalue weighted by Gasteiger charge is -2.11. The molecule has 6 nitrogen and oxygen atoms in total. The van der Waals surface area contributed by atoms with Crippen molar-refractivity contribution in [1.82, 2.24) is 4.98 Å². The fourth-order valence-electron chi connectivity index (χ4n) is 2.50. The van der Waals surface area contributed by atoms with Gasteiger partial charge in [-0.15, -0.1) is 11.3 Å². The van der Waals surface area contributed by atoms with E-state index in [0.717, 1.165) is 11.3 Å². The van der Waals surface area contributed by atoms with Crippen LogP contribution in [0.15, 0.2) is 53.9 Å². The number of carbonyl (C=O) groups is 2. The van der Waals surface area contributed by atoms with Crippen LogP contribution in [0.25, 0.3) is 10.6 Å². The molecule has 1 aromatic heterocycles. The highest BCUT2D eigenvalue weighted by Gasteiger charge is 2.22. The van der Waals surface area contributed by atoms with Gasteiger partial charge in [0.1, 0.15) is 16.5 Å². The van der Waals surface area contributed by atoms with Gasteiger partial charge in [0, 0.05) is 16.5 Å². The number of thiazole rings is 1. The van der Waals surface area contributed by atoms with Crippen molar-refractivity contribution in [3.8, 4) is 22.1 Å². The van der Waals surface area contributed by atoms with Gasteiger partial charge in [-0.2, -0.15) is 0 Å². The summed E-state index contributed by atoms with van der Waals surface area (Å²) in [5.41, 5.74) is 1.48. The van der Waals surface area contributed by atoms with E-state index in [4.69, 9.17) is 14.2 Å². The maximum absolute atomic E-state index is 12.5. The average molecular weight is 397 g/mol. The van der Waals surface area contributed by atoms with Crippen molar-refractivity contribution in [3.05, 3.63) is 65.2 Å². The fraction of sp³-hybridized carbons (Fsp3) is 0.190. The minimum absolute atomic E-state index is 0.171. The maximum atomic E-state index is 12.5. The van der Waals surface area contributed by atoms with E-state index in [-0.39, 0.29) is 11.5 Å². The first-order chi connectivity index (χ1) is 13.5. The van der Waals surface area contributed by atoms with Crippen LogP contribution in [-0.2, 0) is 4.74 Å². The van der Waals surface area contributed by atoms with Crippen LogP contribution in [0.1, 0.15) is 27.8 Å². The second kappa shape index (κ2) is 8.67. The molecule has 0 radical (unpaired) electrons. The normalized spacial score (nSPS) is 11.5. The molecule has 0 aliphatic rings. The summed E-state index contributed by atoms with van der Waals surface area (Å²) >= 11 is 1.33. The lowest BCUT2D eigenvalue weighted by atomic mass is 10.1. The van der Waals surface area contributed by atoms with Crippen molar-refractivity contribution in [2.75, 3.05) is 14.2 Å². The summed E-state index contributed by atoms with van der Waals surface area (Å²) in [4.78, 5) is 29.1. The van der Waals surface area contributed by atoms with Crippen LogP contribution in [0.5, 0.6) is 11.5 Å². The highest BCUT2D eigenvalue weighted by molar-refractivity contribution is 7.13. The summed E-state index contributed by atoms with van der Waals surface area (Å²) in [6.45, 7) is 1.54. The number of ketones is 1. The quantitative estimate of drug-likeness (QED) is 0.438. The summed E-state index contributed by atoms with van der Waals surface area (Å²) in [6, 6.07) is 14.0. The van der Waals surface area contributed by atoms with E-state index < -0.39 is 12.1 Å². The SMILES string of the molecule is COc1ccc(C(=O)[C@H](C)OC(=O)c2csc(-c3ccc(OC)cc3)n2)cc1. The van der Waals surface area contributed by atoms with Crippen LogP contribution in [-0.4, -0.2) is 37.1 Å². The molecule has 28 heavy (non-hydrogen) atoms. The molecule has 1 atom stereocenters. The first kappa shape index (κ1) is 19.6. The van der Waals surface area contributed by atoms with E-state index in [1.165, 1.54) is 11.3 Å². The Morgan fingerprint density at radius 3 is 2.07 bits per heavy atom. The van der Waals surface area contributed by atoms with Gasteiger partial charge in [-0.1, -0.05) is 0 Å². The predicted molar refractivity (Wildman–Crippen MR) is 106 cm³/mol. The van der Waals surface area contributed by atoms with Crippen LogP contribution < -0.4 is 9.47 Å². The van der Waals surface area contributed by atoms with Gasteiger partial charge in [0.2, 0.25) is 5.78 Å². The molecule has 0 aliphatic carbocycles. The third-order valence-corrected chi connectivity index (χ3v) is 4.97. The highest BCUT2D eigenvalue weighted by Crippen LogP contribution is 2.26. The Hall–Kier alpha value is -3.19. The molecule has 0 unspecified atom stereocenters. The monoisotopic (exact) mass is 397 g/mol. The first-order valence-corrected chi connectivity index (χ1v) is 9.39. The highest BCUT2D eigenvalue weighted by atomic mass is 32.1. The van der Waals surface area contributed by atoms with Gasteiger partial charge in [-0.3, -0.25) is 4.79 Å². The molecule has 0 fully saturated rings. The van der Waals surface area contributed by atoms with E-state index in [1.54, 1.807) is 50.8 Å². The van der Waals surface area contributed by atoms with Crippen LogP contribution in [0, 0.1) is 0 Å². The predicted octanol–water partition coefficient (Wildman–Crippen LogP) is 4.26. The number of methoxy groups -OCH3 is 2. The number of ether oxygens (including phenoxy) is 3. The lowest BCUT2D eigenvalue weighted by Crippen LogP contribution is -2.24. The number of benzene rings is 2. The molecular formula is C21H19NO5S. The summed E-state index contributed by atoms with van der Waals surface area (Å²) < 4.78 is 15.5. The van der Waals surface area contributed by atoms with E-state index >= 15 is 0 Å². The fourth-order valence-corrected chi connectivity index (χ4v) is 3.29. The molecule has 0 N–H and O–H groups in total. The molecule has 0 bridgehead atoms. The van der Waals surface area contributed by atoms with Crippen molar-refractivity contribution < 1.29 is 23.8 Å². The van der Waals surface area contributed by atoms with Gasteiger partial charge in [0.15, 0.2) is 11.8 Å². The van der Waals surface area contributed by atoms with Crippen molar-refractivity contribution in [2.24, 2.45) is 0 Å². The third kappa shape index (κ3) is 4.37. The molecule has 0 spiro atoms. The molecule has 0 aliphatic heterocycles. The molecule has 3 rings (SSSR count). The van der Waals surface area contributed by atoms with Crippen LogP contribution in [0.4, 0.5) is 0 Å². The van der Waals surface area contributed by atoms with E-state index in [0.29, 0.717) is 16.3 Å². The van der Waals surface area contributed by atoms with Crippen molar-refractivity contribution in [1.29, 1.82) is 0 Å². The zero-order valence-corrected chi connectivity index (χ0v) is 16.5. The number of hydrogen-bond donors (Lipinski definition) is 0. The topological polar surface area (TPSA) is 74.7 Å². The standard InChI is InChI=1S/C21H19NO5S/c1-13(19(23)14-4-8-16(25-2)9-5-14)27-21(24)18-12-28-20(22-18)15-6-10-17(26-3)11-7-15/h4-13H,1-3H3/t13-/m0/s1. The Kier molecular flexibility index (Phi) is 6.06.